The maximum atomic E-state index is 8.82. The quantitative estimate of drug-likeness (QED) is 0.508. The molecule has 19 heavy (non-hydrogen) atoms. The van der Waals surface area contributed by atoms with E-state index in [0.717, 1.165) is 28.1 Å². The SMILES string of the molecule is Cc1cc(C)c(NC#N)c(C=Nc2ccccc2)c1. The molecule has 0 spiro atoms. The van der Waals surface area contributed by atoms with Crippen molar-refractivity contribution in [1.82, 2.24) is 0 Å². The highest BCUT2D eigenvalue weighted by atomic mass is 14.9. The van der Waals surface area contributed by atoms with Crippen LogP contribution in [0.4, 0.5) is 11.4 Å². The van der Waals surface area contributed by atoms with Crippen molar-refractivity contribution in [2.75, 3.05) is 5.32 Å². The average Bonchev–Trinajstić information content (AvgIpc) is 2.41. The molecular weight excluding hydrogens is 234 g/mol. The van der Waals surface area contributed by atoms with Crippen LogP contribution in [0.15, 0.2) is 47.5 Å². The van der Waals surface area contributed by atoms with E-state index in [1.807, 2.05) is 62.5 Å². The van der Waals surface area contributed by atoms with Crippen LogP contribution in [-0.2, 0) is 0 Å². The summed E-state index contributed by atoms with van der Waals surface area (Å²) in [6, 6.07) is 13.8. The van der Waals surface area contributed by atoms with Crippen LogP contribution >= 0.6 is 0 Å². The first kappa shape index (κ1) is 12.8. The first-order valence-corrected chi connectivity index (χ1v) is 6.06. The smallest absolute Gasteiger partial charge is 0.181 e. The van der Waals surface area contributed by atoms with Gasteiger partial charge in [0, 0.05) is 11.8 Å². The van der Waals surface area contributed by atoms with E-state index in [9.17, 15) is 0 Å². The Balaban J connectivity index is 2.39. The molecule has 2 aromatic rings. The van der Waals surface area contributed by atoms with Gasteiger partial charge < -0.3 is 0 Å². The molecule has 0 saturated carbocycles. The van der Waals surface area contributed by atoms with E-state index in [1.165, 1.54) is 0 Å². The molecule has 0 aliphatic heterocycles. The molecule has 0 aliphatic carbocycles. The number of nitriles is 1. The van der Waals surface area contributed by atoms with E-state index < -0.39 is 0 Å². The zero-order valence-electron chi connectivity index (χ0n) is 11.0. The second-order valence-corrected chi connectivity index (χ2v) is 4.38. The Morgan fingerprint density at radius 1 is 1.16 bits per heavy atom. The van der Waals surface area contributed by atoms with Crippen molar-refractivity contribution in [1.29, 1.82) is 5.26 Å². The monoisotopic (exact) mass is 249 g/mol. The predicted octanol–water partition coefficient (Wildman–Crippen LogP) is 3.95. The van der Waals surface area contributed by atoms with Gasteiger partial charge >= 0.3 is 0 Å². The Labute approximate surface area is 113 Å². The van der Waals surface area contributed by atoms with E-state index >= 15 is 0 Å². The van der Waals surface area contributed by atoms with E-state index in [4.69, 9.17) is 5.26 Å². The molecule has 0 atom stereocenters. The Hall–Kier alpha value is -2.60. The van der Waals surface area contributed by atoms with E-state index in [1.54, 1.807) is 6.21 Å². The van der Waals surface area contributed by atoms with Gasteiger partial charge in [-0.3, -0.25) is 10.3 Å². The van der Waals surface area contributed by atoms with Crippen LogP contribution in [0.3, 0.4) is 0 Å². The third-order valence-corrected chi connectivity index (χ3v) is 2.80. The zero-order chi connectivity index (χ0) is 13.7. The first-order valence-electron chi connectivity index (χ1n) is 6.06. The minimum Gasteiger partial charge on any atom is -0.292 e. The Morgan fingerprint density at radius 2 is 1.89 bits per heavy atom. The van der Waals surface area contributed by atoms with Gasteiger partial charge in [-0.05, 0) is 37.6 Å². The highest BCUT2D eigenvalue weighted by Crippen LogP contribution is 2.22. The molecule has 2 aromatic carbocycles. The fourth-order valence-electron chi connectivity index (χ4n) is 1.99. The van der Waals surface area contributed by atoms with Crippen molar-refractivity contribution < 1.29 is 0 Å². The number of anilines is 1. The van der Waals surface area contributed by atoms with Crippen molar-refractivity contribution in [3.05, 3.63) is 59.2 Å². The van der Waals surface area contributed by atoms with Crippen molar-refractivity contribution in [2.45, 2.75) is 13.8 Å². The summed E-state index contributed by atoms with van der Waals surface area (Å²) in [5.74, 6) is 0. The van der Waals surface area contributed by atoms with Crippen LogP contribution in [-0.4, -0.2) is 6.21 Å². The predicted molar refractivity (Wildman–Crippen MR) is 78.8 cm³/mol. The minimum atomic E-state index is 0.813. The third-order valence-electron chi connectivity index (χ3n) is 2.80. The van der Waals surface area contributed by atoms with Crippen LogP contribution in [0.25, 0.3) is 0 Å². The second kappa shape index (κ2) is 5.83. The molecule has 0 saturated heterocycles. The third kappa shape index (κ3) is 3.20. The minimum absolute atomic E-state index is 0.813. The van der Waals surface area contributed by atoms with Crippen LogP contribution in [0.1, 0.15) is 16.7 Å². The molecule has 94 valence electrons. The van der Waals surface area contributed by atoms with Gasteiger partial charge in [0.1, 0.15) is 0 Å². The number of benzene rings is 2. The highest BCUT2D eigenvalue weighted by molar-refractivity contribution is 5.91. The number of hydrogen-bond donors (Lipinski definition) is 1. The van der Waals surface area contributed by atoms with Gasteiger partial charge in [-0.1, -0.05) is 29.8 Å². The summed E-state index contributed by atoms with van der Waals surface area (Å²) in [5, 5.41) is 11.5. The molecule has 3 nitrogen and oxygen atoms in total. The summed E-state index contributed by atoms with van der Waals surface area (Å²) in [4.78, 5) is 4.43. The van der Waals surface area contributed by atoms with Crippen molar-refractivity contribution >= 4 is 17.6 Å². The maximum absolute atomic E-state index is 8.82. The molecule has 0 unspecified atom stereocenters. The second-order valence-electron chi connectivity index (χ2n) is 4.38. The lowest BCUT2D eigenvalue weighted by Gasteiger charge is -2.08. The van der Waals surface area contributed by atoms with Crippen LogP contribution in [0, 0.1) is 25.3 Å². The normalized spacial score (nSPS) is 10.4. The Morgan fingerprint density at radius 3 is 2.58 bits per heavy atom. The molecule has 0 bridgehead atoms. The molecule has 0 heterocycles. The van der Waals surface area contributed by atoms with Gasteiger partial charge in [-0.25, -0.2) is 0 Å². The Bertz CT molecular complexity index is 637. The van der Waals surface area contributed by atoms with Gasteiger partial charge in [-0.15, -0.1) is 0 Å². The maximum Gasteiger partial charge on any atom is 0.181 e. The summed E-state index contributed by atoms with van der Waals surface area (Å²) < 4.78 is 0. The summed E-state index contributed by atoms with van der Waals surface area (Å²) >= 11 is 0. The van der Waals surface area contributed by atoms with Crippen molar-refractivity contribution in [3.63, 3.8) is 0 Å². The largest absolute Gasteiger partial charge is 0.292 e. The highest BCUT2D eigenvalue weighted by Gasteiger charge is 2.04. The number of aryl methyl sites for hydroxylation is 2. The molecule has 0 fully saturated rings. The number of nitrogens with zero attached hydrogens (tertiary/aromatic N) is 2. The van der Waals surface area contributed by atoms with Gasteiger partial charge in [0.05, 0.1) is 11.4 Å². The molecule has 1 N–H and O–H groups in total. The van der Waals surface area contributed by atoms with Gasteiger partial charge in [0.25, 0.3) is 0 Å². The zero-order valence-corrected chi connectivity index (χ0v) is 11.0. The van der Waals surface area contributed by atoms with Gasteiger partial charge in [0.15, 0.2) is 6.19 Å². The summed E-state index contributed by atoms with van der Waals surface area (Å²) in [5.41, 5.74) is 4.81. The molecule has 2 rings (SSSR count). The van der Waals surface area contributed by atoms with E-state index in [2.05, 4.69) is 10.3 Å². The lowest BCUT2D eigenvalue weighted by atomic mass is 10.0. The Kier molecular flexibility index (Phi) is 3.94. The van der Waals surface area contributed by atoms with E-state index in [0.29, 0.717) is 0 Å². The standard InChI is InChI=1S/C16H15N3/c1-12-8-13(2)16(19-11-17)14(9-12)10-18-15-6-4-3-5-7-15/h3-10,19H,1-2H3. The van der Waals surface area contributed by atoms with Gasteiger partial charge in [-0.2, -0.15) is 5.26 Å². The van der Waals surface area contributed by atoms with Crippen molar-refractivity contribution in [3.8, 4) is 6.19 Å². The molecular formula is C16H15N3. The van der Waals surface area contributed by atoms with Crippen molar-refractivity contribution in [2.24, 2.45) is 4.99 Å². The molecule has 0 aliphatic rings. The fraction of sp³-hybridized carbons (Fsp3) is 0.125. The molecule has 3 heteroatoms. The van der Waals surface area contributed by atoms with E-state index in [-0.39, 0.29) is 0 Å². The molecule has 0 radical (unpaired) electrons. The average molecular weight is 249 g/mol. The number of hydrogen-bond acceptors (Lipinski definition) is 3. The summed E-state index contributed by atoms with van der Waals surface area (Å²) in [6.07, 6.45) is 3.76. The molecule has 0 aromatic heterocycles. The van der Waals surface area contributed by atoms with Crippen LogP contribution in [0.5, 0.6) is 0 Å². The lowest BCUT2D eigenvalue weighted by Crippen LogP contribution is -1.98. The fourth-order valence-corrected chi connectivity index (χ4v) is 1.99. The number of aliphatic imine (C=N–C) groups is 1. The summed E-state index contributed by atoms with van der Waals surface area (Å²) in [7, 11) is 0. The number of rotatable bonds is 3. The molecule has 0 amide bonds. The number of nitrogens with one attached hydrogen (secondary N) is 1. The lowest BCUT2D eigenvalue weighted by molar-refractivity contribution is 1.35. The summed E-state index contributed by atoms with van der Waals surface area (Å²) in [6.45, 7) is 4.01. The first-order chi connectivity index (χ1) is 9.20. The topological polar surface area (TPSA) is 48.2 Å². The van der Waals surface area contributed by atoms with Crippen LogP contribution in [0.2, 0.25) is 0 Å². The van der Waals surface area contributed by atoms with Crippen LogP contribution < -0.4 is 5.32 Å². The number of para-hydroxylation sites is 1. The van der Waals surface area contributed by atoms with Gasteiger partial charge in [0.2, 0.25) is 0 Å².